The van der Waals surface area contributed by atoms with Crippen molar-refractivity contribution in [1.82, 2.24) is 14.9 Å². The number of carbonyl (C=O) groups is 2. The predicted molar refractivity (Wildman–Crippen MR) is 87.4 cm³/mol. The van der Waals surface area contributed by atoms with E-state index < -0.39 is 0 Å². The van der Waals surface area contributed by atoms with Crippen molar-refractivity contribution in [2.45, 2.75) is 26.3 Å². The third kappa shape index (κ3) is 3.41. The lowest BCUT2D eigenvalue weighted by atomic mass is 10.1. The number of rotatable bonds is 5. The Hall–Kier alpha value is -2.63. The van der Waals surface area contributed by atoms with Crippen LogP contribution in [0.4, 0.5) is 5.69 Å². The molecule has 120 valence electrons. The number of hydrogen-bond donors (Lipinski definition) is 1. The van der Waals surface area contributed by atoms with Crippen LogP contribution in [0.25, 0.3) is 0 Å². The molecule has 2 amide bonds. The van der Waals surface area contributed by atoms with Crippen molar-refractivity contribution < 1.29 is 9.59 Å². The van der Waals surface area contributed by atoms with E-state index in [1.807, 2.05) is 22.9 Å². The molecular weight excluding hydrogens is 292 g/mol. The zero-order chi connectivity index (χ0) is 16.2. The standard InChI is InChI=1S/C17H20N4O2/c1-13(22)21-9-5-14-11-15(3-4-16(14)21)17(23)19-6-2-8-20-10-7-18-12-20/h3-4,7,10-12H,2,5-6,8-9H2,1H3,(H,19,23). The molecule has 0 spiro atoms. The smallest absolute Gasteiger partial charge is 0.251 e. The molecule has 1 aromatic carbocycles. The first-order chi connectivity index (χ1) is 11.1. The van der Waals surface area contributed by atoms with E-state index in [1.54, 1.807) is 30.4 Å². The molecule has 3 rings (SSSR count). The van der Waals surface area contributed by atoms with E-state index in [-0.39, 0.29) is 11.8 Å². The number of benzene rings is 1. The maximum atomic E-state index is 12.2. The number of carbonyl (C=O) groups excluding carboxylic acids is 2. The van der Waals surface area contributed by atoms with E-state index in [9.17, 15) is 9.59 Å². The Bertz CT molecular complexity index is 709. The molecule has 0 atom stereocenters. The lowest BCUT2D eigenvalue weighted by Gasteiger charge is -2.14. The Labute approximate surface area is 135 Å². The van der Waals surface area contributed by atoms with Gasteiger partial charge in [0.1, 0.15) is 0 Å². The number of imidazole rings is 1. The third-order valence-electron chi connectivity index (χ3n) is 4.06. The van der Waals surface area contributed by atoms with Crippen LogP contribution in [0.1, 0.15) is 29.3 Å². The summed E-state index contributed by atoms with van der Waals surface area (Å²) in [4.78, 5) is 29.5. The van der Waals surface area contributed by atoms with Crippen LogP contribution in [0.5, 0.6) is 0 Å². The summed E-state index contributed by atoms with van der Waals surface area (Å²) < 4.78 is 1.98. The van der Waals surface area contributed by atoms with Crippen molar-refractivity contribution in [2.24, 2.45) is 0 Å². The second-order valence-electron chi connectivity index (χ2n) is 5.67. The van der Waals surface area contributed by atoms with Crippen molar-refractivity contribution in [3.63, 3.8) is 0 Å². The van der Waals surface area contributed by atoms with Crippen molar-refractivity contribution in [3.05, 3.63) is 48.0 Å². The molecule has 1 aliphatic heterocycles. The van der Waals surface area contributed by atoms with Gasteiger partial charge in [-0.05, 0) is 36.6 Å². The highest BCUT2D eigenvalue weighted by Crippen LogP contribution is 2.28. The van der Waals surface area contributed by atoms with Crippen molar-refractivity contribution in [3.8, 4) is 0 Å². The van der Waals surface area contributed by atoms with Crippen molar-refractivity contribution in [2.75, 3.05) is 18.0 Å². The minimum atomic E-state index is -0.0697. The molecule has 2 aromatic rings. The molecule has 23 heavy (non-hydrogen) atoms. The zero-order valence-corrected chi connectivity index (χ0v) is 13.2. The van der Waals surface area contributed by atoms with Gasteiger partial charge in [0.15, 0.2) is 0 Å². The molecule has 2 heterocycles. The number of fused-ring (bicyclic) bond motifs is 1. The summed E-state index contributed by atoms with van der Waals surface area (Å²) in [5.74, 6) is -0.0276. The van der Waals surface area contributed by atoms with E-state index in [4.69, 9.17) is 0 Å². The normalized spacial score (nSPS) is 13.0. The predicted octanol–water partition coefficient (Wildman–Crippen LogP) is 1.61. The largest absolute Gasteiger partial charge is 0.352 e. The van der Waals surface area contributed by atoms with E-state index in [1.165, 1.54) is 0 Å². The van der Waals surface area contributed by atoms with Gasteiger partial charge < -0.3 is 14.8 Å². The summed E-state index contributed by atoms with van der Waals surface area (Å²) in [6, 6.07) is 5.54. The average molecular weight is 312 g/mol. The summed E-state index contributed by atoms with van der Waals surface area (Å²) in [6.07, 6.45) is 7.07. The lowest BCUT2D eigenvalue weighted by Crippen LogP contribution is -2.26. The number of nitrogens with zero attached hydrogens (tertiary/aromatic N) is 3. The fourth-order valence-corrected chi connectivity index (χ4v) is 2.85. The van der Waals surface area contributed by atoms with Crippen LogP contribution in [-0.2, 0) is 17.8 Å². The van der Waals surface area contributed by atoms with Crippen LogP contribution in [0, 0.1) is 0 Å². The lowest BCUT2D eigenvalue weighted by molar-refractivity contribution is -0.116. The van der Waals surface area contributed by atoms with E-state index in [0.29, 0.717) is 18.7 Å². The fraction of sp³-hybridized carbons (Fsp3) is 0.353. The molecule has 1 N–H and O–H groups in total. The summed E-state index contributed by atoms with van der Waals surface area (Å²) in [5.41, 5.74) is 2.64. The summed E-state index contributed by atoms with van der Waals surface area (Å²) in [6.45, 7) is 3.71. The third-order valence-corrected chi connectivity index (χ3v) is 4.06. The Morgan fingerprint density at radius 1 is 1.35 bits per heavy atom. The molecule has 0 bridgehead atoms. The van der Waals surface area contributed by atoms with Gasteiger partial charge in [-0.3, -0.25) is 9.59 Å². The second-order valence-corrected chi connectivity index (χ2v) is 5.67. The molecule has 0 radical (unpaired) electrons. The summed E-state index contributed by atoms with van der Waals surface area (Å²) in [5, 5.41) is 2.93. The first-order valence-electron chi connectivity index (χ1n) is 7.80. The number of aromatic nitrogens is 2. The summed E-state index contributed by atoms with van der Waals surface area (Å²) >= 11 is 0. The van der Waals surface area contributed by atoms with Crippen LogP contribution in [-0.4, -0.2) is 34.5 Å². The van der Waals surface area contributed by atoms with Gasteiger partial charge in [0, 0.05) is 50.2 Å². The van der Waals surface area contributed by atoms with Crippen LogP contribution < -0.4 is 10.2 Å². The average Bonchev–Trinajstić information content (AvgIpc) is 3.19. The van der Waals surface area contributed by atoms with E-state index >= 15 is 0 Å². The molecule has 6 heteroatoms. The first-order valence-corrected chi connectivity index (χ1v) is 7.80. The highest BCUT2D eigenvalue weighted by molar-refractivity contribution is 5.97. The Balaban J connectivity index is 1.55. The van der Waals surface area contributed by atoms with Gasteiger partial charge in [0.05, 0.1) is 6.33 Å². The van der Waals surface area contributed by atoms with Gasteiger partial charge in [-0.2, -0.15) is 0 Å². The number of hydrogen-bond acceptors (Lipinski definition) is 3. The summed E-state index contributed by atoms with van der Waals surface area (Å²) in [7, 11) is 0. The Morgan fingerprint density at radius 3 is 2.96 bits per heavy atom. The molecule has 0 saturated heterocycles. The highest BCUT2D eigenvalue weighted by Gasteiger charge is 2.22. The van der Waals surface area contributed by atoms with Crippen molar-refractivity contribution in [1.29, 1.82) is 0 Å². The number of amides is 2. The molecular formula is C17H20N4O2. The van der Waals surface area contributed by atoms with Gasteiger partial charge in [0.25, 0.3) is 5.91 Å². The van der Waals surface area contributed by atoms with Crippen molar-refractivity contribution >= 4 is 17.5 Å². The highest BCUT2D eigenvalue weighted by atomic mass is 16.2. The number of anilines is 1. The van der Waals surface area contributed by atoms with Crippen LogP contribution in [0.15, 0.2) is 36.9 Å². The maximum Gasteiger partial charge on any atom is 0.251 e. The van der Waals surface area contributed by atoms with Crippen LogP contribution in [0.2, 0.25) is 0 Å². The minimum absolute atomic E-state index is 0.0421. The quantitative estimate of drug-likeness (QED) is 0.853. The number of nitrogens with one attached hydrogen (secondary N) is 1. The van der Waals surface area contributed by atoms with Crippen LogP contribution >= 0.6 is 0 Å². The van der Waals surface area contributed by atoms with Gasteiger partial charge in [-0.1, -0.05) is 0 Å². The molecule has 0 saturated carbocycles. The van der Waals surface area contributed by atoms with Gasteiger partial charge in [0.2, 0.25) is 5.91 Å². The maximum absolute atomic E-state index is 12.2. The molecule has 0 fully saturated rings. The minimum Gasteiger partial charge on any atom is -0.352 e. The molecule has 1 aromatic heterocycles. The van der Waals surface area contributed by atoms with E-state index in [2.05, 4.69) is 10.3 Å². The monoisotopic (exact) mass is 312 g/mol. The van der Waals surface area contributed by atoms with Gasteiger partial charge >= 0.3 is 0 Å². The molecule has 6 nitrogen and oxygen atoms in total. The zero-order valence-electron chi connectivity index (χ0n) is 13.2. The SMILES string of the molecule is CC(=O)N1CCc2cc(C(=O)NCCCn3ccnc3)ccc21. The fourth-order valence-electron chi connectivity index (χ4n) is 2.85. The molecule has 0 aliphatic carbocycles. The number of aryl methyl sites for hydroxylation is 1. The molecule has 0 unspecified atom stereocenters. The topological polar surface area (TPSA) is 67.2 Å². The van der Waals surface area contributed by atoms with Crippen LogP contribution in [0.3, 0.4) is 0 Å². The van der Waals surface area contributed by atoms with Gasteiger partial charge in [-0.25, -0.2) is 4.98 Å². The first kappa shape index (κ1) is 15.3. The second kappa shape index (κ2) is 6.64. The Kier molecular flexibility index (Phi) is 4.41. The molecule has 1 aliphatic rings. The Morgan fingerprint density at radius 2 is 2.22 bits per heavy atom. The van der Waals surface area contributed by atoms with E-state index in [0.717, 1.165) is 30.6 Å². The van der Waals surface area contributed by atoms with Gasteiger partial charge in [-0.15, -0.1) is 0 Å².